The van der Waals surface area contributed by atoms with E-state index in [0.29, 0.717) is 0 Å². The van der Waals surface area contributed by atoms with Gasteiger partial charge in [-0.05, 0) is 19.8 Å². The molecule has 0 saturated heterocycles. The molecule has 0 N–H and O–H groups in total. The molecule has 0 spiro atoms. The molecule has 0 nitrogen and oxygen atoms in total. The minimum absolute atomic E-state index is 0.931. The van der Waals surface area contributed by atoms with Gasteiger partial charge in [0, 0.05) is 0 Å². The van der Waals surface area contributed by atoms with E-state index in [2.05, 4.69) is 26.0 Å². The molecular formula is C7H13. The molecule has 1 radical (unpaired) electrons. The molecule has 0 amide bonds. The van der Waals surface area contributed by atoms with Gasteiger partial charge >= 0.3 is 0 Å². The Morgan fingerprint density at radius 1 is 1.43 bits per heavy atom. The predicted molar refractivity (Wildman–Crippen MR) is 34.0 cm³/mol. The van der Waals surface area contributed by atoms with E-state index in [1.54, 1.807) is 0 Å². The molecule has 0 unspecified atom stereocenters. The zero-order valence-electron chi connectivity index (χ0n) is 4.98. The van der Waals surface area contributed by atoms with Crippen LogP contribution < -0.4 is 0 Å². The second-order valence-electron chi connectivity index (χ2n) is 1.55. The molecule has 0 aliphatic carbocycles. The molecule has 0 saturated carbocycles. The predicted octanol–water partition coefficient (Wildman–Crippen LogP) is 2.57. The number of unbranched alkanes of at least 4 members (excludes halogenated alkanes) is 1. The van der Waals surface area contributed by atoms with Gasteiger partial charge < -0.3 is 0 Å². The summed E-state index contributed by atoms with van der Waals surface area (Å²) in [5, 5.41) is 0. The van der Waals surface area contributed by atoms with Crippen LogP contribution in [0, 0.1) is 6.92 Å². The first-order chi connectivity index (χ1) is 3.41. The van der Waals surface area contributed by atoms with Gasteiger partial charge in [-0.2, -0.15) is 0 Å². The van der Waals surface area contributed by atoms with Gasteiger partial charge in [0.2, 0.25) is 0 Å². The van der Waals surface area contributed by atoms with Crippen molar-refractivity contribution < 1.29 is 0 Å². The van der Waals surface area contributed by atoms with Crippen LogP contribution in [-0.4, -0.2) is 0 Å². The first-order valence-electron chi connectivity index (χ1n) is 2.86. The van der Waals surface area contributed by atoms with E-state index < -0.39 is 0 Å². The third-order valence-electron chi connectivity index (χ3n) is 0.789. The lowest BCUT2D eigenvalue weighted by Crippen LogP contribution is -1.59. The van der Waals surface area contributed by atoms with Crippen LogP contribution in [0.4, 0.5) is 0 Å². The summed E-state index contributed by atoms with van der Waals surface area (Å²) in [7, 11) is 0. The van der Waals surface area contributed by atoms with Gasteiger partial charge in [-0.3, -0.25) is 0 Å². The lowest BCUT2D eigenvalue weighted by molar-refractivity contribution is 0.954. The fourth-order valence-corrected chi connectivity index (χ4v) is 0.402. The van der Waals surface area contributed by atoms with Crippen LogP contribution in [0.15, 0.2) is 12.2 Å². The van der Waals surface area contributed by atoms with Gasteiger partial charge in [0.05, 0.1) is 0 Å². The minimum Gasteiger partial charge on any atom is -0.0885 e. The Bertz CT molecular complexity index is 44.0. The molecular weight excluding hydrogens is 84.1 g/mol. The molecule has 0 aliphatic rings. The van der Waals surface area contributed by atoms with E-state index in [-0.39, 0.29) is 0 Å². The smallest absolute Gasteiger partial charge is 0.0351 e. The molecule has 0 atom stereocenters. The van der Waals surface area contributed by atoms with Crippen molar-refractivity contribution in [1.82, 2.24) is 0 Å². The normalized spacial score (nSPS) is 10.6. The van der Waals surface area contributed by atoms with E-state index in [1.165, 1.54) is 12.8 Å². The van der Waals surface area contributed by atoms with Crippen LogP contribution in [0.25, 0.3) is 0 Å². The third kappa shape index (κ3) is 5.74. The Labute approximate surface area is 46.2 Å². The highest BCUT2D eigenvalue weighted by molar-refractivity contribution is 4.81. The number of hydrogen-bond donors (Lipinski definition) is 0. The van der Waals surface area contributed by atoms with Crippen LogP contribution in [-0.2, 0) is 0 Å². The third-order valence-corrected chi connectivity index (χ3v) is 0.789. The van der Waals surface area contributed by atoms with E-state index in [1.807, 2.05) is 0 Å². The molecule has 0 aromatic rings. The average molecular weight is 97.2 g/mol. The SMILES string of the molecule is [CH2]C/C=C\CCC. The summed E-state index contributed by atoms with van der Waals surface area (Å²) in [4.78, 5) is 0. The van der Waals surface area contributed by atoms with Crippen LogP contribution in [0.3, 0.4) is 0 Å². The van der Waals surface area contributed by atoms with Gasteiger partial charge in [-0.1, -0.05) is 25.5 Å². The van der Waals surface area contributed by atoms with Gasteiger partial charge in [-0.15, -0.1) is 0 Å². The molecule has 41 valence electrons. The second-order valence-corrected chi connectivity index (χ2v) is 1.55. The van der Waals surface area contributed by atoms with Crippen molar-refractivity contribution in [2.24, 2.45) is 0 Å². The van der Waals surface area contributed by atoms with Gasteiger partial charge in [0.1, 0.15) is 0 Å². The standard InChI is InChI=1S/C7H13/c1-3-5-7-6-4-2/h5,7H,1,3-4,6H2,2H3/b7-5-. The first kappa shape index (κ1) is 6.74. The molecule has 7 heavy (non-hydrogen) atoms. The summed E-state index contributed by atoms with van der Waals surface area (Å²) >= 11 is 0. The van der Waals surface area contributed by atoms with E-state index in [9.17, 15) is 0 Å². The number of allylic oxidation sites excluding steroid dienone is 2. The zero-order valence-corrected chi connectivity index (χ0v) is 4.98. The fraction of sp³-hybridized carbons (Fsp3) is 0.571. The Balaban J connectivity index is 2.78. The van der Waals surface area contributed by atoms with Gasteiger partial charge in [0.25, 0.3) is 0 Å². The molecule has 0 aromatic heterocycles. The van der Waals surface area contributed by atoms with Crippen molar-refractivity contribution in [2.45, 2.75) is 26.2 Å². The summed E-state index contributed by atoms with van der Waals surface area (Å²) in [6.07, 6.45) is 7.66. The Morgan fingerprint density at radius 3 is 2.57 bits per heavy atom. The lowest BCUT2D eigenvalue weighted by Gasteiger charge is -1.79. The quantitative estimate of drug-likeness (QED) is 0.475. The van der Waals surface area contributed by atoms with Crippen molar-refractivity contribution in [3.63, 3.8) is 0 Å². The Kier molecular flexibility index (Phi) is 5.53. The maximum atomic E-state index is 3.67. The summed E-state index contributed by atoms with van der Waals surface area (Å²) in [5.41, 5.74) is 0. The van der Waals surface area contributed by atoms with Crippen molar-refractivity contribution in [3.8, 4) is 0 Å². The molecule has 0 rings (SSSR count). The molecule has 0 bridgehead atoms. The highest BCUT2D eigenvalue weighted by Gasteiger charge is 1.68. The maximum absolute atomic E-state index is 3.67. The first-order valence-corrected chi connectivity index (χ1v) is 2.86. The number of hydrogen-bond acceptors (Lipinski definition) is 0. The zero-order chi connectivity index (χ0) is 5.54. The maximum Gasteiger partial charge on any atom is -0.0351 e. The summed E-state index contributed by atoms with van der Waals surface area (Å²) in [5.74, 6) is 0. The summed E-state index contributed by atoms with van der Waals surface area (Å²) in [6.45, 7) is 5.84. The van der Waals surface area contributed by atoms with Gasteiger partial charge in [0.15, 0.2) is 0 Å². The highest BCUT2D eigenvalue weighted by Crippen LogP contribution is 1.88. The van der Waals surface area contributed by atoms with Crippen LogP contribution >= 0.6 is 0 Å². The molecule has 0 heteroatoms. The van der Waals surface area contributed by atoms with E-state index in [0.717, 1.165) is 6.42 Å². The van der Waals surface area contributed by atoms with Crippen molar-refractivity contribution >= 4 is 0 Å². The minimum atomic E-state index is 0.931. The topological polar surface area (TPSA) is 0 Å². The molecule has 0 aromatic carbocycles. The fourth-order valence-electron chi connectivity index (χ4n) is 0.402. The molecule has 0 heterocycles. The molecule has 0 fully saturated rings. The highest BCUT2D eigenvalue weighted by atomic mass is 13.7. The van der Waals surface area contributed by atoms with Crippen molar-refractivity contribution in [2.75, 3.05) is 0 Å². The van der Waals surface area contributed by atoms with E-state index >= 15 is 0 Å². The van der Waals surface area contributed by atoms with Crippen LogP contribution in [0.1, 0.15) is 26.2 Å². The monoisotopic (exact) mass is 97.1 g/mol. The van der Waals surface area contributed by atoms with Gasteiger partial charge in [-0.25, -0.2) is 0 Å². The molecule has 0 aliphatic heterocycles. The van der Waals surface area contributed by atoms with E-state index in [4.69, 9.17) is 0 Å². The lowest BCUT2D eigenvalue weighted by atomic mass is 10.3. The Hall–Kier alpha value is -0.260. The number of rotatable bonds is 3. The summed E-state index contributed by atoms with van der Waals surface area (Å²) in [6, 6.07) is 0. The van der Waals surface area contributed by atoms with Crippen molar-refractivity contribution in [1.29, 1.82) is 0 Å². The Morgan fingerprint density at radius 2 is 2.14 bits per heavy atom. The second kappa shape index (κ2) is 5.74. The van der Waals surface area contributed by atoms with Crippen LogP contribution in [0.2, 0.25) is 0 Å². The van der Waals surface area contributed by atoms with Crippen LogP contribution in [0.5, 0.6) is 0 Å². The van der Waals surface area contributed by atoms with Crippen molar-refractivity contribution in [3.05, 3.63) is 19.1 Å². The average Bonchev–Trinajstić information content (AvgIpc) is 1.69. The summed E-state index contributed by atoms with van der Waals surface area (Å²) < 4.78 is 0. The largest absolute Gasteiger partial charge is 0.0885 e.